The van der Waals surface area contributed by atoms with E-state index in [4.69, 9.17) is 27.8 Å². The molecule has 0 fully saturated rings. The van der Waals surface area contributed by atoms with E-state index in [1.165, 1.54) is 0 Å². The van der Waals surface area contributed by atoms with Gasteiger partial charge >= 0.3 is 10.4 Å². The fraction of sp³-hybridized carbons (Fsp3) is 0. The van der Waals surface area contributed by atoms with Crippen molar-refractivity contribution in [3.8, 4) is 11.1 Å². The number of halogens is 3. The SMILES string of the molecule is Clc1cccc(-c2ccccc2)c1Cl.O=S(=O)(O)OI. The molecule has 2 aromatic rings. The number of benzene rings is 2. The van der Waals surface area contributed by atoms with Gasteiger partial charge in [-0.05, 0) is 11.6 Å². The van der Waals surface area contributed by atoms with Gasteiger partial charge in [0, 0.05) is 5.56 Å². The molecule has 0 heterocycles. The van der Waals surface area contributed by atoms with Crippen molar-refractivity contribution in [3.05, 3.63) is 58.6 Å². The van der Waals surface area contributed by atoms with E-state index < -0.39 is 10.4 Å². The Bertz CT molecular complexity index is 662. The summed E-state index contributed by atoms with van der Waals surface area (Å²) >= 11 is 13.1. The van der Waals surface area contributed by atoms with Crippen molar-refractivity contribution in [2.24, 2.45) is 0 Å². The summed E-state index contributed by atoms with van der Waals surface area (Å²) in [7, 11) is -4.18. The summed E-state index contributed by atoms with van der Waals surface area (Å²) < 4.78 is 29.7. The second-order valence-corrected chi connectivity index (χ2v) is 6.30. The minimum Gasteiger partial charge on any atom is -0.263 e. The van der Waals surface area contributed by atoms with Crippen LogP contribution in [0.4, 0.5) is 0 Å². The van der Waals surface area contributed by atoms with Crippen molar-refractivity contribution in [3.63, 3.8) is 0 Å². The smallest absolute Gasteiger partial charge is 0.263 e. The lowest BCUT2D eigenvalue weighted by atomic mass is 10.1. The molecule has 0 atom stereocenters. The first-order valence-corrected chi connectivity index (χ1v) is 8.12. The molecule has 0 aromatic heterocycles. The Kier molecular flexibility index (Phi) is 7.21. The Hall–Kier alpha value is -0.380. The highest BCUT2D eigenvalue weighted by Gasteiger charge is 2.05. The van der Waals surface area contributed by atoms with Crippen LogP contribution < -0.4 is 0 Å². The molecule has 20 heavy (non-hydrogen) atoms. The molecule has 2 aromatic carbocycles. The van der Waals surface area contributed by atoms with Gasteiger partial charge in [0.2, 0.25) is 0 Å². The second-order valence-electron chi connectivity index (χ2n) is 3.46. The molecule has 0 bridgehead atoms. The van der Waals surface area contributed by atoms with E-state index in [0.29, 0.717) is 10.0 Å². The van der Waals surface area contributed by atoms with Crippen LogP contribution in [0.2, 0.25) is 10.0 Å². The first-order chi connectivity index (χ1) is 9.35. The average molecular weight is 447 g/mol. The van der Waals surface area contributed by atoms with Crippen LogP contribution in [0.25, 0.3) is 11.1 Å². The van der Waals surface area contributed by atoms with Crippen molar-refractivity contribution in [1.82, 2.24) is 0 Å². The van der Waals surface area contributed by atoms with Gasteiger partial charge < -0.3 is 0 Å². The zero-order valence-corrected chi connectivity index (χ0v) is 14.3. The van der Waals surface area contributed by atoms with E-state index in [1.54, 1.807) is 6.07 Å². The lowest BCUT2D eigenvalue weighted by Crippen LogP contribution is -1.92. The van der Waals surface area contributed by atoms with Gasteiger partial charge in [0.15, 0.2) is 0 Å². The number of hydrogen-bond donors (Lipinski definition) is 1. The minimum absolute atomic E-state index is 0.591. The third-order valence-electron chi connectivity index (χ3n) is 2.12. The molecule has 0 amide bonds. The molecule has 1 N–H and O–H groups in total. The maximum Gasteiger partial charge on any atom is 0.406 e. The monoisotopic (exact) mass is 446 g/mol. The molecule has 0 saturated heterocycles. The van der Waals surface area contributed by atoms with Crippen LogP contribution in [0.1, 0.15) is 0 Å². The molecule has 0 radical (unpaired) electrons. The topological polar surface area (TPSA) is 63.6 Å². The summed E-state index contributed by atoms with van der Waals surface area (Å²) in [6, 6.07) is 15.6. The van der Waals surface area contributed by atoms with Gasteiger partial charge in [-0.25, -0.2) is 0 Å². The third kappa shape index (κ3) is 5.94. The first-order valence-electron chi connectivity index (χ1n) is 5.12. The summed E-state index contributed by atoms with van der Waals surface area (Å²) in [5.74, 6) is 0. The van der Waals surface area contributed by atoms with Crippen molar-refractivity contribution in [1.29, 1.82) is 0 Å². The fourth-order valence-electron chi connectivity index (χ4n) is 1.34. The average Bonchev–Trinajstić information content (AvgIpc) is 2.43. The summed E-state index contributed by atoms with van der Waals surface area (Å²) in [5.41, 5.74) is 2.06. The van der Waals surface area contributed by atoms with Crippen LogP contribution in [0.5, 0.6) is 0 Å². The van der Waals surface area contributed by atoms with Crippen LogP contribution in [0, 0.1) is 0 Å². The number of rotatable bonds is 2. The summed E-state index contributed by atoms with van der Waals surface area (Å²) in [6.45, 7) is 0. The first kappa shape index (κ1) is 17.7. The van der Waals surface area contributed by atoms with Gasteiger partial charge in [0.25, 0.3) is 0 Å². The zero-order chi connectivity index (χ0) is 15.2. The van der Waals surface area contributed by atoms with E-state index in [1.807, 2.05) is 42.5 Å². The normalized spacial score (nSPS) is 10.6. The van der Waals surface area contributed by atoms with E-state index >= 15 is 0 Å². The Morgan fingerprint density at radius 3 is 2.05 bits per heavy atom. The highest BCUT2D eigenvalue weighted by molar-refractivity contribution is 14.1. The zero-order valence-electron chi connectivity index (χ0n) is 9.83. The summed E-state index contributed by atoms with van der Waals surface area (Å²) in [5, 5.41) is 1.20. The van der Waals surface area contributed by atoms with Crippen molar-refractivity contribution in [2.75, 3.05) is 0 Å². The van der Waals surface area contributed by atoms with Crippen LogP contribution in [0.3, 0.4) is 0 Å². The molecule has 0 unspecified atom stereocenters. The largest absolute Gasteiger partial charge is 0.406 e. The maximum absolute atomic E-state index is 9.33. The van der Waals surface area contributed by atoms with Gasteiger partial charge in [-0.15, -0.1) is 0 Å². The molecular formula is C12H9Cl2IO4S. The Morgan fingerprint density at radius 2 is 1.55 bits per heavy atom. The van der Waals surface area contributed by atoms with Gasteiger partial charge in [-0.3, -0.25) is 4.55 Å². The van der Waals surface area contributed by atoms with Crippen molar-refractivity contribution >= 4 is 56.6 Å². The Labute approximate surface area is 141 Å². The predicted molar refractivity (Wildman–Crippen MR) is 88.6 cm³/mol. The molecule has 0 spiro atoms. The van der Waals surface area contributed by atoms with Gasteiger partial charge in [-0.1, -0.05) is 65.7 Å². The van der Waals surface area contributed by atoms with Crippen LogP contribution in [-0.4, -0.2) is 13.0 Å². The van der Waals surface area contributed by atoms with E-state index in [9.17, 15) is 8.42 Å². The standard InChI is InChI=1S/C12H8Cl2.HIO4S/c13-11-8-4-7-10(12(11)14)9-5-2-1-3-6-9;1-5-6(2,3)4/h1-8H;(H,2,3,4). The summed E-state index contributed by atoms with van der Waals surface area (Å²) in [4.78, 5) is 0. The fourth-order valence-corrected chi connectivity index (χ4v) is 1.75. The van der Waals surface area contributed by atoms with Crippen LogP contribution in [0.15, 0.2) is 48.5 Å². The lowest BCUT2D eigenvalue weighted by Gasteiger charge is -2.04. The molecule has 0 aliphatic rings. The molecular weight excluding hydrogens is 438 g/mol. The van der Waals surface area contributed by atoms with Gasteiger partial charge in [-0.2, -0.15) is 10.9 Å². The van der Waals surface area contributed by atoms with Crippen molar-refractivity contribution in [2.45, 2.75) is 0 Å². The highest BCUT2D eigenvalue weighted by Crippen LogP contribution is 2.32. The predicted octanol–water partition coefficient (Wildman–Crippen LogP) is 4.82. The molecule has 0 aliphatic heterocycles. The third-order valence-corrected chi connectivity index (χ3v) is 4.46. The minimum atomic E-state index is -4.18. The second kappa shape index (κ2) is 8.16. The summed E-state index contributed by atoms with van der Waals surface area (Å²) in [6.07, 6.45) is 0. The van der Waals surface area contributed by atoms with Crippen molar-refractivity contribution < 1.29 is 15.5 Å². The van der Waals surface area contributed by atoms with Crippen LogP contribution >= 0.6 is 46.2 Å². The van der Waals surface area contributed by atoms with E-state index in [0.717, 1.165) is 34.1 Å². The number of hydrogen-bond acceptors (Lipinski definition) is 3. The lowest BCUT2D eigenvalue weighted by molar-refractivity contribution is 0.422. The van der Waals surface area contributed by atoms with Crippen LogP contribution in [-0.2, 0) is 12.9 Å². The van der Waals surface area contributed by atoms with E-state index in [-0.39, 0.29) is 0 Å². The highest BCUT2D eigenvalue weighted by atomic mass is 127. The molecule has 8 heteroatoms. The molecule has 0 saturated carbocycles. The molecule has 2 rings (SSSR count). The van der Waals surface area contributed by atoms with Gasteiger partial charge in [0.1, 0.15) is 23.0 Å². The quantitative estimate of drug-likeness (QED) is 0.530. The molecule has 108 valence electrons. The molecule has 0 aliphatic carbocycles. The molecule has 4 nitrogen and oxygen atoms in total. The Balaban J connectivity index is 0.000000286. The maximum atomic E-state index is 9.33. The van der Waals surface area contributed by atoms with E-state index in [2.05, 4.69) is 2.51 Å². The Morgan fingerprint density at radius 1 is 1.00 bits per heavy atom. The van der Waals surface area contributed by atoms with Gasteiger partial charge in [0.05, 0.1) is 10.0 Å².